The van der Waals surface area contributed by atoms with Crippen molar-refractivity contribution in [2.24, 2.45) is 0 Å². The largest absolute Gasteiger partial charge is 0.416 e. The number of halogens is 3. The van der Waals surface area contributed by atoms with Crippen molar-refractivity contribution in [3.63, 3.8) is 0 Å². The highest BCUT2D eigenvalue weighted by Gasteiger charge is 2.37. The minimum atomic E-state index is -4.24. The van der Waals surface area contributed by atoms with Crippen LogP contribution in [0.2, 0.25) is 0 Å². The maximum atomic E-state index is 12.7. The highest BCUT2D eigenvalue weighted by molar-refractivity contribution is 8.00. The topological polar surface area (TPSA) is 12.0 Å². The fraction of sp³-hybridized carbons (Fsp3) is 0.455. The van der Waals surface area contributed by atoms with Gasteiger partial charge in [0.25, 0.3) is 0 Å². The molecule has 0 spiro atoms. The van der Waals surface area contributed by atoms with Gasteiger partial charge in [0.1, 0.15) is 0 Å². The van der Waals surface area contributed by atoms with Crippen LogP contribution in [0.15, 0.2) is 23.1 Å². The molecule has 1 unspecified atom stereocenters. The Morgan fingerprint density at radius 3 is 2.81 bits per heavy atom. The second-order valence-electron chi connectivity index (χ2n) is 3.78. The van der Waals surface area contributed by atoms with Crippen molar-refractivity contribution in [1.29, 1.82) is 0 Å². The van der Waals surface area contributed by atoms with Crippen LogP contribution in [0.1, 0.15) is 11.1 Å². The third kappa shape index (κ3) is 2.20. The fourth-order valence-corrected chi connectivity index (χ4v) is 3.29. The van der Waals surface area contributed by atoms with Crippen LogP contribution in [0, 0.1) is 0 Å². The average Bonchev–Trinajstić information content (AvgIpc) is 2.58. The van der Waals surface area contributed by atoms with Gasteiger partial charge in [-0.05, 0) is 31.2 Å². The predicted molar refractivity (Wildman–Crippen MR) is 58.7 cm³/mol. The predicted octanol–water partition coefficient (Wildman–Crippen LogP) is 2.94. The minimum Gasteiger partial charge on any atom is -0.319 e. The fourth-order valence-electron chi connectivity index (χ4n) is 1.94. The van der Waals surface area contributed by atoms with Crippen LogP contribution in [0.3, 0.4) is 0 Å². The average molecular weight is 247 g/mol. The summed E-state index contributed by atoms with van der Waals surface area (Å²) in [7, 11) is 1.81. The lowest BCUT2D eigenvalue weighted by molar-refractivity contribution is -0.138. The molecular formula is C11H12F3NS. The molecule has 2 rings (SSSR count). The number of fused-ring (bicyclic) bond motifs is 1. The van der Waals surface area contributed by atoms with Gasteiger partial charge in [-0.3, -0.25) is 0 Å². The number of rotatable bonds is 2. The molecule has 16 heavy (non-hydrogen) atoms. The molecule has 0 bridgehead atoms. The highest BCUT2D eigenvalue weighted by atomic mass is 32.2. The van der Waals surface area contributed by atoms with E-state index in [2.05, 4.69) is 5.32 Å². The first-order valence-corrected chi connectivity index (χ1v) is 5.90. The van der Waals surface area contributed by atoms with E-state index in [0.717, 1.165) is 11.4 Å². The summed E-state index contributed by atoms with van der Waals surface area (Å²) >= 11 is 1.53. The molecule has 1 aromatic carbocycles. The van der Waals surface area contributed by atoms with Gasteiger partial charge in [-0.15, -0.1) is 11.8 Å². The Morgan fingerprint density at radius 1 is 1.44 bits per heavy atom. The summed E-state index contributed by atoms with van der Waals surface area (Å²) in [4.78, 5) is 0.773. The van der Waals surface area contributed by atoms with Gasteiger partial charge in [-0.2, -0.15) is 13.2 Å². The van der Waals surface area contributed by atoms with Crippen molar-refractivity contribution >= 4 is 11.8 Å². The smallest absolute Gasteiger partial charge is 0.319 e. The maximum absolute atomic E-state index is 12.7. The summed E-state index contributed by atoms with van der Waals surface area (Å²) < 4.78 is 38.2. The maximum Gasteiger partial charge on any atom is 0.416 e. The lowest BCUT2D eigenvalue weighted by Gasteiger charge is -2.11. The first-order chi connectivity index (χ1) is 7.52. The number of alkyl halides is 3. The van der Waals surface area contributed by atoms with Gasteiger partial charge < -0.3 is 5.32 Å². The Kier molecular flexibility index (Phi) is 3.17. The molecule has 1 nitrogen and oxygen atoms in total. The third-order valence-corrected chi connectivity index (χ3v) is 3.90. The molecule has 1 heterocycles. The van der Waals surface area contributed by atoms with E-state index in [4.69, 9.17) is 0 Å². The van der Waals surface area contributed by atoms with E-state index in [9.17, 15) is 13.2 Å². The van der Waals surface area contributed by atoms with Gasteiger partial charge in [0.2, 0.25) is 0 Å². The van der Waals surface area contributed by atoms with Crippen molar-refractivity contribution in [3.05, 3.63) is 29.3 Å². The SMILES string of the molecule is CNCC1Cc2c(cccc2C(F)(F)F)S1. The summed E-state index contributed by atoms with van der Waals surface area (Å²) in [5.41, 5.74) is -0.0173. The molecule has 1 aliphatic rings. The molecule has 0 saturated carbocycles. The molecule has 1 aliphatic heterocycles. The van der Waals surface area contributed by atoms with Crippen LogP contribution in [0.4, 0.5) is 13.2 Å². The monoisotopic (exact) mass is 247 g/mol. The molecule has 1 N–H and O–H groups in total. The van der Waals surface area contributed by atoms with E-state index < -0.39 is 11.7 Å². The summed E-state index contributed by atoms with van der Waals surface area (Å²) in [6, 6.07) is 4.42. The van der Waals surface area contributed by atoms with E-state index in [1.54, 1.807) is 6.07 Å². The van der Waals surface area contributed by atoms with Crippen LogP contribution >= 0.6 is 11.8 Å². The van der Waals surface area contributed by atoms with Crippen molar-refractivity contribution < 1.29 is 13.2 Å². The number of nitrogens with one attached hydrogen (secondary N) is 1. The Bertz CT molecular complexity index is 389. The van der Waals surface area contributed by atoms with E-state index in [1.165, 1.54) is 23.9 Å². The van der Waals surface area contributed by atoms with Gasteiger partial charge in [-0.25, -0.2) is 0 Å². The second kappa shape index (κ2) is 4.30. The van der Waals surface area contributed by atoms with E-state index >= 15 is 0 Å². The zero-order valence-corrected chi connectivity index (χ0v) is 9.58. The summed E-state index contributed by atoms with van der Waals surface area (Å²) in [5.74, 6) is 0. The van der Waals surface area contributed by atoms with Crippen LogP contribution in [-0.4, -0.2) is 18.8 Å². The Balaban J connectivity index is 2.31. The van der Waals surface area contributed by atoms with Crippen molar-refractivity contribution in [2.45, 2.75) is 22.7 Å². The number of benzene rings is 1. The quantitative estimate of drug-likeness (QED) is 0.862. The van der Waals surface area contributed by atoms with Gasteiger partial charge in [-0.1, -0.05) is 6.07 Å². The third-order valence-electron chi connectivity index (χ3n) is 2.60. The number of thioether (sulfide) groups is 1. The highest BCUT2D eigenvalue weighted by Crippen LogP contribution is 2.43. The molecule has 0 aromatic heterocycles. The molecule has 0 radical (unpaired) electrons. The van der Waals surface area contributed by atoms with Gasteiger partial charge in [0, 0.05) is 16.7 Å². The normalized spacial score (nSPS) is 19.9. The van der Waals surface area contributed by atoms with Crippen LogP contribution < -0.4 is 5.32 Å². The van der Waals surface area contributed by atoms with Crippen LogP contribution in [0.25, 0.3) is 0 Å². The van der Waals surface area contributed by atoms with Crippen molar-refractivity contribution in [1.82, 2.24) is 5.32 Å². The zero-order chi connectivity index (χ0) is 11.8. The van der Waals surface area contributed by atoms with Gasteiger partial charge in [0.15, 0.2) is 0 Å². The number of hydrogen-bond donors (Lipinski definition) is 1. The van der Waals surface area contributed by atoms with E-state index in [1.807, 2.05) is 7.05 Å². The first-order valence-electron chi connectivity index (χ1n) is 5.02. The second-order valence-corrected chi connectivity index (χ2v) is 5.12. The minimum absolute atomic E-state index is 0.212. The standard InChI is InChI=1S/C11H12F3NS/c1-15-6-7-5-8-9(11(12,13)14)3-2-4-10(8)16-7/h2-4,7,15H,5-6H2,1H3. The molecular weight excluding hydrogens is 235 g/mol. The van der Waals surface area contributed by atoms with Gasteiger partial charge in [0.05, 0.1) is 5.56 Å². The van der Waals surface area contributed by atoms with E-state index in [0.29, 0.717) is 12.0 Å². The zero-order valence-electron chi connectivity index (χ0n) is 8.77. The van der Waals surface area contributed by atoms with Crippen LogP contribution in [-0.2, 0) is 12.6 Å². The molecule has 0 saturated heterocycles. The summed E-state index contributed by atoms with van der Waals surface area (Å²) in [5, 5.41) is 3.21. The van der Waals surface area contributed by atoms with Crippen molar-refractivity contribution in [3.8, 4) is 0 Å². The molecule has 88 valence electrons. The molecule has 0 aliphatic carbocycles. The Labute approximate surface area is 96.4 Å². The molecule has 5 heteroatoms. The molecule has 1 atom stereocenters. The van der Waals surface area contributed by atoms with Crippen LogP contribution in [0.5, 0.6) is 0 Å². The van der Waals surface area contributed by atoms with Gasteiger partial charge >= 0.3 is 6.18 Å². The Morgan fingerprint density at radius 2 is 2.19 bits per heavy atom. The molecule has 0 amide bonds. The Hall–Kier alpha value is -0.680. The van der Waals surface area contributed by atoms with E-state index in [-0.39, 0.29) is 5.25 Å². The number of hydrogen-bond acceptors (Lipinski definition) is 2. The summed E-state index contributed by atoms with van der Waals surface area (Å²) in [6.45, 7) is 0.733. The summed E-state index contributed by atoms with van der Waals surface area (Å²) in [6.07, 6.45) is -3.74. The molecule has 1 aromatic rings. The van der Waals surface area contributed by atoms with Crippen molar-refractivity contribution in [2.75, 3.05) is 13.6 Å². The lowest BCUT2D eigenvalue weighted by Crippen LogP contribution is -2.20. The first kappa shape index (κ1) is 11.8. The lowest BCUT2D eigenvalue weighted by atomic mass is 10.0. The molecule has 0 fully saturated rings.